The molecule has 0 bridgehead atoms. The van der Waals surface area contributed by atoms with Crippen LogP contribution in [0.1, 0.15) is 31.4 Å². The second kappa shape index (κ2) is 8.10. The number of aromatic nitrogens is 2. The molecule has 0 radical (unpaired) electrons. The fourth-order valence-electron chi connectivity index (χ4n) is 3.56. The second-order valence-electron chi connectivity index (χ2n) is 6.96. The van der Waals surface area contributed by atoms with Gasteiger partial charge in [-0.1, -0.05) is 0 Å². The summed E-state index contributed by atoms with van der Waals surface area (Å²) in [5.74, 6) is 0.543. The molecule has 146 valence electrons. The zero-order valence-electron chi connectivity index (χ0n) is 14.6. The molecule has 2 fully saturated rings. The minimum Gasteiger partial charge on any atom is -0.302 e. The Morgan fingerprint density at radius 1 is 1.19 bits per heavy atom. The molecular weight excluding hydrogens is 366 g/mol. The van der Waals surface area contributed by atoms with E-state index in [9.17, 15) is 22.0 Å². The smallest absolute Gasteiger partial charge is 0.280 e. The van der Waals surface area contributed by atoms with Crippen LogP contribution in [-0.4, -0.2) is 65.7 Å². The third kappa shape index (κ3) is 4.66. The highest BCUT2D eigenvalue weighted by Crippen LogP contribution is 2.20. The van der Waals surface area contributed by atoms with E-state index in [1.54, 1.807) is 4.31 Å². The molecule has 3 rings (SSSR count). The van der Waals surface area contributed by atoms with E-state index < -0.39 is 27.7 Å². The molecule has 0 unspecified atom stereocenters. The second-order valence-corrected chi connectivity index (χ2v) is 9.05. The van der Waals surface area contributed by atoms with E-state index in [1.165, 1.54) is 10.9 Å². The summed E-state index contributed by atoms with van der Waals surface area (Å²) < 4.78 is 51.7. The van der Waals surface area contributed by atoms with Gasteiger partial charge in [-0.25, -0.2) is 26.5 Å². The van der Waals surface area contributed by atoms with Crippen LogP contribution in [0.15, 0.2) is 17.2 Å². The van der Waals surface area contributed by atoms with Gasteiger partial charge in [-0.15, -0.1) is 0 Å². The fraction of sp³-hybridized carbons (Fsp3) is 0.750. The van der Waals surface area contributed by atoms with Crippen molar-refractivity contribution in [2.45, 2.75) is 32.2 Å². The molecule has 7 nitrogen and oxygen atoms in total. The van der Waals surface area contributed by atoms with Gasteiger partial charge < -0.3 is 4.90 Å². The van der Waals surface area contributed by atoms with Gasteiger partial charge in [-0.3, -0.25) is 9.36 Å². The summed E-state index contributed by atoms with van der Waals surface area (Å²) in [6.45, 7) is 4.03. The minimum absolute atomic E-state index is 0.252. The van der Waals surface area contributed by atoms with Gasteiger partial charge in [0.1, 0.15) is 5.69 Å². The molecule has 3 heterocycles. The number of halogens is 2. The van der Waals surface area contributed by atoms with Crippen LogP contribution in [-0.2, 0) is 16.6 Å². The number of alkyl halides is 2. The molecular formula is C16H24F2N4O3S. The normalized spacial score (nSPS) is 22.3. The lowest BCUT2D eigenvalue weighted by atomic mass is 9.96. The predicted octanol–water partition coefficient (Wildman–Crippen LogP) is 0.928. The lowest BCUT2D eigenvalue weighted by Gasteiger charge is -2.32. The van der Waals surface area contributed by atoms with Gasteiger partial charge in [0.15, 0.2) is 0 Å². The van der Waals surface area contributed by atoms with Gasteiger partial charge >= 0.3 is 0 Å². The van der Waals surface area contributed by atoms with Crippen molar-refractivity contribution in [3.05, 3.63) is 28.4 Å². The van der Waals surface area contributed by atoms with Gasteiger partial charge in [0, 0.05) is 32.2 Å². The van der Waals surface area contributed by atoms with E-state index in [-0.39, 0.29) is 5.75 Å². The standard InChI is InChI=1S/C16H24F2N4O3S/c17-16(18)14-10-15(23)21(12-19-14)11-13-2-5-20(6-3-13)7-8-22-4-1-9-26(22,24)25/h10,12-13,16H,1-9,11H2. The van der Waals surface area contributed by atoms with E-state index in [4.69, 9.17) is 0 Å². The Kier molecular flexibility index (Phi) is 6.03. The van der Waals surface area contributed by atoms with Crippen molar-refractivity contribution in [1.29, 1.82) is 0 Å². The summed E-state index contributed by atoms with van der Waals surface area (Å²) in [4.78, 5) is 17.8. The Morgan fingerprint density at radius 3 is 2.50 bits per heavy atom. The molecule has 0 aliphatic carbocycles. The Bertz CT molecular complexity index is 776. The first-order chi connectivity index (χ1) is 12.3. The number of nitrogens with zero attached hydrogens (tertiary/aromatic N) is 4. The quantitative estimate of drug-likeness (QED) is 0.722. The molecule has 0 N–H and O–H groups in total. The van der Waals surface area contributed by atoms with Crippen molar-refractivity contribution in [3.8, 4) is 0 Å². The molecule has 0 atom stereocenters. The van der Waals surface area contributed by atoms with Crippen LogP contribution in [0.4, 0.5) is 8.78 Å². The largest absolute Gasteiger partial charge is 0.302 e. The number of sulfonamides is 1. The monoisotopic (exact) mass is 390 g/mol. The maximum atomic E-state index is 12.6. The Hall–Kier alpha value is -1.39. The van der Waals surface area contributed by atoms with Crippen LogP contribution in [0, 0.1) is 5.92 Å². The van der Waals surface area contributed by atoms with Crippen molar-refractivity contribution < 1.29 is 17.2 Å². The highest BCUT2D eigenvalue weighted by Gasteiger charge is 2.29. The van der Waals surface area contributed by atoms with Gasteiger partial charge in [0.25, 0.3) is 12.0 Å². The number of rotatable bonds is 6. The van der Waals surface area contributed by atoms with E-state index in [1.807, 2.05) is 0 Å². The van der Waals surface area contributed by atoms with Crippen molar-refractivity contribution in [2.75, 3.05) is 38.5 Å². The molecule has 10 heteroatoms. The van der Waals surface area contributed by atoms with Crippen LogP contribution >= 0.6 is 0 Å². The molecule has 2 aliphatic heterocycles. The summed E-state index contributed by atoms with van der Waals surface area (Å²) in [5, 5.41) is 0. The third-order valence-corrected chi connectivity index (χ3v) is 7.11. The number of piperidine rings is 1. The Balaban J connectivity index is 1.46. The molecule has 26 heavy (non-hydrogen) atoms. The van der Waals surface area contributed by atoms with E-state index in [0.717, 1.165) is 38.5 Å². The molecule has 2 aliphatic rings. The van der Waals surface area contributed by atoms with Crippen molar-refractivity contribution in [3.63, 3.8) is 0 Å². The molecule has 0 spiro atoms. The molecule has 1 aromatic rings. The topological polar surface area (TPSA) is 75.5 Å². The highest BCUT2D eigenvalue weighted by molar-refractivity contribution is 7.89. The van der Waals surface area contributed by atoms with Gasteiger partial charge in [0.05, 0.1) is 12.1 Å². The molecule has 0 aromatic carbocycles. The number of likely N-dealkylation sites (tertiary alicyclic amines) is 1. The lowest BCUT2D eigenvalue weighted by molar-refractivity contribution is 0.144. The summed E-state index contributed by atoms with van der Waals surface area (Å²) in [5.41, 5.74) is -0.935. The van der Waals surface area contributed by atoms with Gasteiger partial charge in [0.2, 0.25) is 10.0 Å². The first-order valence-electron chi connectivity index (χ1n) is 8.90. The fourth-order valence-corrected chi connectivity index (χ4v) is 5.08. The van der Waals surface area contributed by atoms with E-state index in [2.05, 4.69) is 9.88 Å². The maximum absolute atomic E-state index is 12.6. The minimum atomic E-state index is -3.05. The van der Waals surface area contributed by atoms with Crippen molar-refractivity contribution in [2.24, 2.45) is 5.92 Å². The molecule has 0 amide bonds. The lowest BCUT2D eigenvalue weighted by Crippen LogP contribution is -2.41. The van der Waals surface area contributed by atoms with Crippen molar-refractivity contribution in [1.82, 2.24) is 18.8 Å². The number of hydrogen-bond acceptors (Lipinski definition) is 5. The average molecular weight is 390 g/mol. The molecule has 1 aromatic heterocycles. The molecule has 0 saturated carbocycles. The van der Waals surface area contributed by atoms with Gasteiger partial charge in [-0.05, 0) is 38.3 Å². The zero-order chi connectivity index (χ0) is 18.7. The highest BCUT2D eigenvalue weighted by atomic mass is 32.2. The number of hydrogen-bond donors (Lipinski definition) is 0. The van der Waals surface area contributed by atoms with Gasteiger partial charge in [-0.2, -0.15) is 0 Å². The van der Waals surface area contributed by atoms with Crippen LogP contribution in [0.25, 0.3) is 0 Å². The molecule has 2 saturated heterocycles. The summed E-state index contributed by atoms with van der Waals surface area (Å²) in [7, 11) is -3.05. The van der Waals surface area contributed by atoms with Crippen LogP contribution in [0.5, 0.6) is 0 Å². The van der Waals surface area contributed by atoms with Crippen LogP contribution in [0.2, 0.25) is 0 Å². The summed E-state index contributed by atoms with van der Waals surface area (Å²) in [6.07, 6.45) is 0.942. The van der Waals surface area contributed by atoms with Crippen LogP contribution in [0.3, 0.4) is 0 Å². The first-order valence-corrected chi connectivity index (χ1v) is 10.5. The van der Waals surface area contributed by atoms with E-state index in [0.29, 0.717) is 32.0 Å². The predicted molar refractivity (Wildman–Crippen MR) is 92.6 cm³/mol. The maximum Gasteiger partial charge on any atom is 0.280 e. The Morgan fingerprint density at radius 2 is 1.92 bits per heavy atom. The van der Waals surface area contributed by atoms with Crippen LogP contribution < -0.4 is 5.56 Å². The average Bonchev–Trinajstić information content (AvgIpc) is 2.94. The third-order valence-electron chi connectivity index (χ3n) is 5.16. The SMILES string of the molecule is O=c1cc(C(F)F)ncn1CC1CCN(CCN2CCCS2(=O)=O)CC1. The zero-order valence-corrected chi connectivity index (χ0v) is 15.4. The summed E-state index contributed by atoms with van der Waals surface area (Å²) >= 11 is 0. The Labute approximate surface area is 151 Å². The van der Waals surface area contributed by atoms with E-state index >= 15 is 0 Å². The summed E-state index contributed by atoms with van der Waals surface area (Å²) in [6, 6.07) is 0.899. The first kappa shape index (κ1) is 19.4. The van der Waals surface area contributed by atoms with Crippen molar-refractivity contribution >= 4 is 10.0 Å².